The summed E-state index contributed by atoms with van der Waals surface area (Å²) in [7, 11) is 1.65. The third kappa shape index (κ3) is 4.78. The van der Waals surface area contributed by atoms with Crippen LogP contribution < -0.4 is 9.64 Å². The number of amides is 1. The van der Waals surface area contributed by atoms with Gasteiger partial charge in [-0.3, -0.25) is 4.79 Å². The average molecular weight is 395 g/mol. The molecule has 3 rings (SSSR count). The first kappa shape index (κ1) is 19.6. The summed E-state index contributed by atoms with van der Waals surface area (Å²) < 4.78 is 10.9. The van der Waals surface area contributed by atoms with Gasteiger partial charge >= 0.3 is 5.97 Å². The minimum atomic E-state index is -0.491. The fraction of sp³-hybridized carbons (Fsp3) is 0.182. The Morgan fingerprint density at radius 2 is 1.82 bits per heavy atom. The van der Waals surface area contributed by atoms with Crippen LogP contribution in [0, 0.1) is 6.92 Å². The molecule has 0 spiro atoms. The first-order valence-electron chi connectivity index (χ1n) is 8.83. The molecule has 6 heteroatoms. The van der Waals surface area contributed by atoms with E-state index < -0.39 is 5.97 Å². The molecule has 0 aliphatic carbocycles. The third-order valence-corrected chi connectivity index (χ3v) is 4.95. The Labute approximate surface area is 168 Å². The third-order valence-electron chi connectivity index (χ3n) is 4.10. The van der Waals surface area contributed by atoms with Crippen molar-refractivity contribution >= 4 is 28.9 Å². The van der Waals surface area contributed by atoms with Crippen molar-refractivity contribution in [2.24, 2.45) is 0 Å². The molecule has 144 valence electrons. The maximum Gasteiger partial charge on any atom is 0.340 e. The normalized spacial score (nSPS) is 10.4. The first-order chi connectivity index (χ1) is 13.6. The summed E-state index contributed by atoms with van der Waals surface area (Å²) in [5, 5.41) is 1.84. The molecule has 1 aromatic heterocycles. The van der Waals surface area contributed by atoms with Gasteiger partial charge < -0.3 is 14.4 Å². The molecular formula is C22H21NO4S. The van der Waals surface area contributed by atoms with Crippen molar-refractivity contribution in [3.05, 3.63) is 82.0 Å². The van der Waals surface area contributed by atoms with E-state index in [1.165, 1.54) is 16.2 Å². The van der Waals surface area contributed by atoms with Crippen LogP contribution in [0.15, 0.2) is 66.0 Å². The number of para-hydroxylation sites is 1. The molecule has 28 heavy (non-hydrogen) atoms. The number of nitrogens with zero attached hydrogens (tertiary/aromatic N) is 1. The van der Waals surface area contributed by atoms with Crippen LogP contribution in [0.4, 0.5) is 5.69 Å². The summed E-state index contributed by atoms with van der Waals surface area (Å²) in [4.78, 5) is 27.2. The van der Waals surface area contributed by atoms with Crippen LogP contribution in [-0.2, 0) is 4.74 Å². The molecule has 0 N–H and O–H groups in total. The van der Waals surface area contributed by atoms with Crippen LogP contribution >= 0.6 is 11.3 Å². The van der Waals surface area contributed by atoms with Gasteiger partial charge in [-0.15, -0.1) is 11.3 Å². The van der Waals surface area contributed by atoms with Crippen molar-refractivity contribution in [3.8, 4) is 5.75 Å². The van der Waals surface area contributed by atoms with Crippen molar-refractivity contribution in [2.45, 2.75) is 6.92 Å². The zero-order valence-electron chi connectivity index (χ0n) is 15.8. The van der Waals surface area contributed by atoms with Crippen LogP contribution in [0.2, 0.25) is 0 Å². The lowest BCUT2D eigenvalue weighted by atomic mass is 10.1. The summed E-state index contributed by atoms with van der Waals surface area (Å²) in [6.45, 7) is 2.35. The highest BCUT2D eigenvalue weighted by Gasteiger charge is 2.20. The highest BCUT2D eigenvalue weighted by atomic mass is 32.1. The fourth-order valence-electron chi connectivity index (χ4n) is 2.69. The van der Waals surface area contributed by atoms with Crippen LogP contribution in [0.1, 0.15) is 25.6 Å². The molecule has 0 saturated carbocycles. The Bertz CT molecular complexity index is 953. The van der Waals surface area contributed by atoms with Crippen molar-refractivity contribution in [1.82, 2.24) is 0 Å². The molecule has 0 bridgehead atoms. The zero-order chi connectivity index (χ0) is 19.9. The molecule has 1 heterocycles. The maximum absolute atomic E-state index is 12.6. The molecule has 0 radical (unpaired) electrons. The van der Waals surface area contributed by atoms with Crippen LogP contribution in [0.3, 0.4) is 0 Å². The van der Waals surface area contributed by atoms with Gasteiger partial charge in [-0.25, -0.2) is 4.79 Å². The molecule has 1 amide bonds. The molecule has 0 aliphatic rings. The van der Waals surface area contributed by atoms with Gasteiger partial charge in [0.05, 0.1) is 16.1 Å². The number of hydrogen-bond acceptors (Lipinski definition) is 5. The summed E-state index contributed by atoms with van der Waals surface area (Å²) in [5.74, 6) is 0.0741. The average Bonchev–Trinajstić information content (AvgIpc) is 3.25. The Hall–Kier alpha value is -3.12. The molecule has 0 unspecified atom stereocenters. The van der Waals surface area contributed by atoms with E-state index in [0.29, 0.717) is 16.1 Å². The molecule has 0 aliphatic heterocycles. The van der Waals surface area contributed by atoms with E-state index in [1.54, 1.807) is 37.4 Å². The van der Waals surface area contributed by atoms with Gasteiger partial charge in [-0.05, 0) is 48.2 Å². The molecular weight excluding hydrogens is 374 g/mol. The molecule has 2 aromatic carbocycles. The van der Waals surface area contributed by atoms with Crippen molar-refractivity contribution < 1.29 is 19.1 Å². The number of thiophene rings is 1. The smallest absolute Gasteiger partial charge is 0.340 e. The van der Waals surface area contributed by atoms with Gasteiger partial charge in [-0.1, -0.05) is 30.3 Å². The first-order valence-corrected chi connectivity index (χ1v) is 9.71. The van der Waals surface area contributed by atoms with E-state index in [-0.39, 0.29) is 19.1 Å². The number of benzene rings is 2. The second kappa shape index (κ2) is 9.19. The van der Waals surface area contributed by atoms with Crippen LogP contribution in [0.25, 0.3) is 0 Å². The quantitative estimate of drug-likeness (QED) is 0.434. The monoisotopic (exact) mass is 395 g/mol. The predicted molar refractivity (Wildman–Crippen MR) is 110 cm³/mol. The standard InChI is InChI=1S/C22H21NO4S/c1-16-7-5-8-17(15-16)26-12-13-27-22(25)18-9-3-4-10-19(18)23(2)21(24)20-11-6-14-28-20/h3-11,14-15H,12-13H2,1-2H3. The zero-order valence-corrected chi connectivity index (χ0v) is 16.6. The summed E-state index contributed by atoms with van der Waals surface area (Å²) >= 11 is 1.36. The van der Waals surface area contributed by atoms with Crippen molar-refractivity contribution in [1.29, 1.82) is 0 Å². The van der Waals surface area contributed by atoms with Crippen LogP contribution in [-0.4, -0.2) is 32.1 Å². The minimum absolute atomic E-state index is 0.115. The lowest BCUT2D eigenvalue weighted by molar-refractivity contribution is 0.0451. The van der Waals surface area contributed by atoms with Gasteiger partial charge in [0.1, 0.15) is 19.0 Å². The minimum Gasteiger partial charge on any atom is -0.490 e. The SMILES string of the molecule is Cc1cccc(OCCOC(=O)c2ccccc2N(C)C(=O)c2cccs2)c1. The highest BCUT2D eigenvalue weighted by molar-refractivity contribution is 7.12. The summed E-state index contributed by atoms with van der Waals surface area (Å²) in [5.41, 5.74) is 1.94. The largest absolute Gasteiger partial charge is 0.490 e. The second-order valence-corrected chi connectivity index (χ2v) is 7.11. The molecule has 0 atom stereocenters. The number of carbonyl (C=O) groups excluding carboxylic acids is 2. The van der Waals surface area contributed by atoms with E-state index in [1.807, 2.05) is 42.6 Å². The lowest BCUT2D eigenvalue weighted by Gasteiger charge is -2.19. The van der Waals surface area contributed by atoms with Gasteiger partial charge in [0.15, 0.2) is 0 Å². The molecule has 0 fully saturated rings. The number of hydrogen-bond donors (Lipinski definition) is 0. The summed E-state index contributed by atoms with van der Waals surface area (Å²) in [6.07, 6.45) is 0. The van der Waals surface area contributed by atoms with Gasteiger partial charge in [0.2, 0.25) is 0 Å². The molecule has 3 aromatic rings. The Morgan fingerprint density at radius 1 is 1.00 bits per heavy atom. The van der Waals surface area contributed by atoms with Crippen molar-refractivity contribution in [2.75, 3.05) is 25.2 Å². The van der Waals surface area contributed by atoms with Crippen LogP contribution in [0.5, 0.6) is 5.75 Å². The molecule has 5 nitrogen and oxygen atoms in total. The number of rotatable bonds is 7. The maximum atomic E-state index is 12.6. The number of carbonyl (C=O) groups is 2. The predicted octanol–water partition coefficient (Wildman–Crippen LogP) is 4.57. The summed E-state index contributed by atoms with van der Waals surface area (Å²) in [6, 6.07) is 18.1. The number of esters is 1. The number of ether oxygens (including phenoxy) is 2. The fourth-order valence-corrected chi connectivity index (χ4v) is 3.39. The second-order valence-electron chi connectivity index (χ2n) is 6.16. The van der Waals surface area contributed by atoms with E-state index >= 15 is 0 Å². The number of anilines is 1. The highest BCUT2D eigenvalue weighted by Crippen LogP contribution is 2.23. The van der Waals surface area contributed by atoms with Gasteiger partial charge in [0.25, 0.3) is 5.91 Å². The van der Waals surface area contributed by atoms with Gasteiger partial charge in [0, 0.05) is 7.05 Å². The van der Waals surface area contributed by atoms with E-state index in [2.05, 4.69) is 0 Å². The topological polar surface area (TPSA) is 55.8 Å². The lowest BCUT2D eigenvalue weighted by Crippen LogP contribution is -2.27. The Morgan fingerprint density at radius 3 is 2.57 bits per heavy atom. The van der Waals surface area contributed by atoms with Gasteiger partial charge in [-0.2, -0.15) is 0 Å². The molecule has 0 saturated heterocycles. The van der Waals surface area contributed by atoms with E-state index in [9.17, 15) is 9.59 Å². The van der Waals surface area contributed by atoms with E-state index in [4.69, 9.17) is 9.47 Å². The number of aryl methyl sites for hydroxylation is 1. The van der Waals surface area contributed by atoms with E-state index in [0.717, 1.165) is 11.3 Å². The Kier molecular flexibility index (Phi) is 6.45. The van der Waals surface area contributed by atoms with Crippen molar-refractivity contribution in [3.63, 3.8) is 0 Å². The Balaban J connectivity index is 1.61.